The first-order valence-corrected chi connectivity index (χ1v) is 10.7. The molecule has 0 amide bonds. The largest absolute Gasteiger partial charge is 0.453 e. The fourth-order valence-corrected chi connectivity index (χ4v) is 3.39. The third kappa shape index (κ3) is 6.58. The molecule has 3 aromatic rings. The van der Waals surface area contributed by atoms with Gasteiger partial charge in [-0.2, -0.15) is 0 Å². The molecule has 0 aliphatic heterocycles. The summed E-state index contributed by atoms with van der Waals surface area (Å²) in [5.41, 5.74) is 3.00. The normalized spacial score (nSPS) is 13.5. The minimum absolute atomic E-state index is 0.101. The molecule has 0 aromatic heterocycles. The van der Waals surface area contributed by atoms with E-state index in [-0.39, 0.29) is 11.6 Å². The maximum atomic E-state index is 10.9. The van der Waals surface area contributed by atoms with Gasteiger partial charge >= 0.3 is 0 Å². The van der Waals surface area contributed by atoms with Crippen molar-refractivity contribution in [3.63, 3.8) is 0 Å². The second kappa shape index (κ2) is 9.54. The predicted molar refractivity (Wildman–Crippen MR) is 126 cm³/mol. The first-order chi connectivity index (χ1) is 14.6. The summed E-state index contributed by atoms with van der Waals surface area (Å²) in [4.78, 5) is 0. The van der Waals surface area contributed by atoms with E-state index >= 15 is 0 Å². The highest BCUT2D eigenvalue weighted by molar-refractivity contribution is 5.48. The van der Waals surface area contributed by atoms with Crippen molar-refractivity contribution in [2.45, 2.75) is 59.2 Å². The molecule has 0 saturated carbocycles. The molecule has 0 aliphatic rings. The van der Waals surface area contributed by atoms with Crippen LogP contribution in [-0.2, 0) is 0 Å². The summed E-state index contributed by atoms with van der Waals surface area (Å²) in [6.07, 6.45) is -0.687. The molecule has 0 spiro atoms. The van der Waals surface area contributed by atoms with Crippen LogP contribution in [0.3, 0.4) is 0 Å². The number of aliphatic hydroxyl groups is 1. The van der Waals surface area contributed by atoms with Crippen LogP contribution in [0.25, 0.3) is 0 Å². The summed E-state index contributed by atoms with van der Waals surface area (Å²) >= 11 is 0. The van der Waals surface area contributed by atoms with E-state index < -0.39 is 6.10 Å². The lowest BCUT2D eigenvalue weighted by atomic mass is 9.99. The standard InChI is InChI=1S/C27H33NO3/c1-18-7-12-22(13-8-18)30-24-16-11-21(26(29)20(3)28-27(4,5)6)17-25(24)31-23-14-9-19(2)10-15-23/h7-17,20,26,28-29H,1-6H3. The lowest BCUT2D eigenvalue weighted by Crippen LogP contribution is -2.44. The first kappa shape index (κ1) is 22.9. The highest BCUT2D eigenvalue weighted by Gasteiger charge is 2.23. The van der Waals surface area contributed by atoms with Gasteiger partial charge in [-0.05, 0) is 83.5 Å². The highest BCUT2D eigenvalue weighted by atomic mass is 16.5. The maximum Gasteiger partial charge on any atom is 0.170 e. The Labute approximate surface area is 185 Å². The van der Waals surface area contributed by atoms with Crippen LogP contribution in [-0.4, -0.2) is 16.7 Å². The van der Waals surface area contributed by atoms with E-state index in [1.807, 2.05) is 87.5 Å². The van der Waals surface area contributed by atoms with Gasteiger partial charge in [0.25, 0.3) is 0 Å². The van der Waals surface area contributed by atoms with Gasteiger partial charge in [0.2, 0.25) is 0 Å². The zero-order chi connectivity index (χ0) is 22.6. The van der Waals surface area contributed by atoms with Crippen molar-refractivity contribution in [2.24, 2.45) is 0 Å². The molecule has 2 N–H and O–H groups in total. The van der Waals surface area contributed by atoms with Crippen LogP contribution in [0.2, 0.25) is 0 Å². The molecular weight excluding hydrogens is 386 g/mol. The van der Waals surface area contributed by atoms with Crippen molar-refractivity contribution in [3.05, 3.63) is 83.4 Å². The SMILES string of the molecule is Cc1ccc(Oc2ccc(C(O)C(C)NC(C)(C)C)cc2Oc2ccc(C)cc2)cc1. The highest BCUT2D eigenvalue weighted by Crippen LogP contribution is 2.37. The van der Waals surface area contributed by atoms with Gasteiger partial charge in [0.05, 0.1) is 6.10 Å². The van der Waals surface area contributed by atoms with Gasteiger partial charge in [0, 0.05) is 11.6 Å². The molecule has 0 heterocycles. The average molecular weight is 420 g/mol. The monoisotopic (exact) mass is 419 g/mol. The summed E-state index contributed by atoms with van der Waals surface area (Å²) in [7, 11) is 0. The number of aryl methyl sites for hydroxylation is 2. The van der Waals surface area contributed by atoms with Crippen molar-refractivity contribution in [2.75, 3.05) is 0 Å². The Hall–Kier alpha value is -2.82. The molecule has 0 fully saturated rings. The number of nitrogens with one attached hydrogen (secondary N) is 1. The minimum Gasteiger partial charge on any atom is -0.453 e. The third-order valence-electron chi connectivity index (χ3n) is 4.94. The van der Waals surface area contributed by atoms with Gasteiger partial charge in [-0.3, -0.25) is 0 Å². The molecule has 2 unspecified atom stereocenters. The van der Waals surface area contributed by atoms with Crippen LogP contribution in [0.1, 0.15) is 50.5 Å². The molecule has 0 aliphatic carbocycles. The van der Waals surface area contributed by atoms with Gasteiger partial charge in [-0.25, -0.2) is 0 Å². The topological polar surface area (TPSA) is 50.7 Å². The van der Waals surface area contributed by atoms with E-state index in [1.54, 1.807) is 0 Å². The Kier molecular flexibility index (Phi) is 7.04. The van der Waals surface area contributed by atoms with Crippen molar-refractivity contribution in [1.29, 1.82) is 0 Å². The predicted octanol–water partition coefficient (Wildman–Crippen LogP) is 6.70. The second-order valence-electron chi connectivity index (χ2n) is 9.16. The number of hydrogen-bond acceptors (Lipinski definition) is 4. The van der Waals surface area contributed by atoms with Gasteiger partial charge in [0.1, 0.15) is 11.5 Å². The third-order valence-corrected chi connectivity index (χ3v) is 4.94. The van der Waals surface area contributed by atoms with Crippen LogP contribution < -0.4 is 14.8 Å². The van der Waals surface area contributed by atoms with Crippen molar-refractivity contribution in [3.8, 4) is 23.0 Å². The van der Waals surface area contributed by atoms with Crippen LogP contribution in [0.4, 0.5) is 0 Å². The molecule has 4 heteroatoms. The summed E-state index contributed by atoms with van der Waals surface area (Å²) in [6, 6.07) is 21.2. The molecule has 0 saturated heterocycles. The minimum atomic E-state index is -0.687. The molecule has 0 bridgehead atoms. The molecule has 164 valence electrons. The Morgan fingerprint density at radius 3 is 1.71 bits per heavy atom. The second-order valence-corrected chi connectivity index (χ2v) is 9.16. The molecule has 4 nitrogen and oxygen atoms in total. The molecule has 0 radical (unpaired) electrons. The Morgan fingerprint density at radius 2 is 1.23 bits per heavy atom. The molecule has 3 rings (SSSR count). The maximum absolute atomic E-state index is 10.9. The summed E-state index contributed by atoms with van der Waals surface area (Å²) < 4.78 is 12.3. The van der Waals surface area contributed by atoms with E-state index in [2.05, 4.69) is 26.1 Å². The van der Waals surface area contributed by atoms with Crippen LogP contribution in [0.5, 0.6) is 23.0 Å². The molecule has 3 aromatic carbocycles. The van der Waals surface area contributed by atoms with Gasteiger partial charge in [-0.1, -0.05) is 41.5 Å². The molecule has 31 heavy (non-hydrogen) atoms. The Bertz CT molecular complexity index is 988. The van der Waals surface area contributed by atoms with Gasteiger partial charge in [0.15, 0.2) is 11.5 Å². The number of aliphatic hydroxyl groups excluding tert-OH is 1. The zero-order valence-corrected chi connectivity index (χ0v) is 19.3. The summed E-state index contributed by atoms with van der Waals surface area (Å²) in [6.45, 7) is 12.3. The fraction of sp³-hybridized carbons (Fsp3) is 0.333. The lowest BCUT2D eigenvalue weighted by Gasteiger charge is -2.29. The van der Waals surface area contributed by atoms with Crippen molar-refractivity contribution in [1.82, 2.24) is 5.32 Å². The van der Waals surface area contributed by atoms with E-state index in [0.717, 1.165) is 16.9 Å². The molecule has 2 atom stereocenters. The number of hydrogen-bond donors (Lipinski definition) is 2. The van der Waals surface area contributed by atoms with Crippen LogP contribution in [0, 0.1) is 13.8 Å². The van der Waals surface area contributed by atoms with Gasteiger partial charge in [-0.15, -0.1) is 0 Å². The van der Waals surface area contributed by atoms with Gasteiger partial charge < -0.3 is 19.9 Å². The number of rotatable bonds is 7. The van der Waals surface area contributed by atoms with Crippen molar-refractivity contribution >= 4 is 0 Å². The lowest BCUT2D eigenvalue weighted by molar-refractivity contribution is 0.121. The van der Waals surface area contributed by atoms with Crippen LogP contribution in [0.15, 0.2) is 66.7 Å². The number of benzene rings is 3. The van der Waals surface area contributed by atoms with E-state index in [1.165, 1.54) is 5.56 Å². The average Bonchev–Trinajstić information content (AvgIpc) is 2.71. The first-order valence-electron chi connectivity index (χ1n) is 10.7. The van der Waals surface area contributed by atoms with Crippen molar-refractivity contribution < 1.29 is 14.6 Å². The van der Waals surface area contributed by atoms with E-state index in [9.17, 15) is 5.11 Å². The summed E-state index contributed by atoms with van der Waals surface area (Å²) in [5.74, 6) is 2.60. The van der Waals surface area contributed by atoms with E-state index in [0.29, 0.717) is 17.2 Å². The van der Waals surface area contributed by atoms with Crippen LogP contribution >= 0.6 is 0 Å². The quantitative estimate of drug-likeness (QED) is 0.447. The Morgan fingerprint density at radius 1 is 0.742 bits per heavy atom. The van der Waals surface area contributed by atoms with E-state index in [4.69, 9.17) is 9.47 Å². The molecular formula is C27H33NO3. The smallest absolute Gasteiger partial charge is 0.170 e. The summed E-state index contributed by atoms with van der Waals surface area (Å²) in [5, 5.41) is 14.4. The fourth-order valence-electron chi connectivity index (χ4n) is 3.39. The number of ether oxygens (including phenoxy) is 2. The Balaban J connectivity index is 1.92. The zero-order valence-electron chi connectivity index (χ0n) is 19.3.